The third-order valence-corrected chi connectivity index (χ3v) is 9.19. The first-order valence-electron chi connectivity index (χ1n) is 20.3. The number of nitrogens with one attached hydrogen (secondary N) is 1. The normalized spacial score (nSPS) is 12.0. The number of hydrogen-bond acceptors (Lipinski definition) is 4. The molecule has 0 spiro atoms. The second-order valence-corrected chi connectivity index (χ2v) is 13.9. The molecule has 1 atom stereocenters. The number of aliphatic carboxylic acids is 1. The molecule has 0 aliphatic heterocycles. The van der Waals surface area contributed by atoms with E-state index in [0.29, 0.717) is 12.8 Å². The molecule has 6 heteroatoms. The minimum absolute atomic E-state index is 0.0210. The van der Waals surface area contributed by atoms with Crippen LogP contribution in [-0.2, 0) is 19.1 Å². The van der Waals surface area contributed by atoms with Crippen LogP contribution in [0.3, 0.4) is 0 Å². The van der Waals surface area contributed by atoms with Crippen molar-refractivity contribution in [3.05, 3.63) is 12.2 Å². The van der Waals surface area contributed by atoms with Crippen molar-refractivity contribution in [2.24, 2.45) is 0 Å². The standard InChI is InChI=1S/C41H77NO5/c1-3-5-7-9-11-13-15-16-17-19-21-23-28-32-36-41(46)47-38(33-29-25-22-20-18-14-12-10-8-6-4-2)34-30-26-24-27-31-35-39(43)42-37-40(44)45/h15-16,38H,3-14,17-37H2,1-2H3,(H,42,43)(H,44,45)/b16-15-. The van der Waals surface area contributed by atoms with Crippen LogP contribution < -0.4 is 5.32 Å². The topological polar surface area (TPSA) is 92.7 Å². The molecule has 0 aromatic heterocycles. The van der Waals surface area contributed by atoms with Gasteiger partial charge >= 0.3 is 11.9 Å². The minimum atomic E-state index is -1.01. The van der Waals surface area contributed by atoms with E-state index in [2.05, 4.69) is 31.3 Å². The van der Waals surface area contributed by atoms with Gasteiger partial charge in [0.05, 0.1) is 0 Å². The van der Waals surface area contributed by atoms with Gasteiger partial charge in [-0.2, -0.15) is 0 Å². The summed E-state index contributed by atoms with van der Waals surface area (Å²) in [6.07, 6.45) is 41.8. The molecule has 0 aromatic carbocycles. The van der Waals surface area contributed by atoms with E-state index in [9.17, 15) is 14.4 Å². The lowest BCUT2D eigenvalue weighted by Gasteiger charge is -2.18. The van der Waals surface area contributed by atoms with E-state index in [-0.39, 0.29) is 24.5 Å². The number of ether oxygens (including phenoxy) is 1. The molecule has 6 nitrogen and oxygen atoms in total. The van der Waals surface area contributed by atoms with Gasteiger partial charge in [0.2, 0.25) is 5.91 Å². The average molecular weight is 664 g/mol. The summed E-state index contributed by atoms with van der Waals surface area (Å²) in [5.41, 5.74) is 0. The molecular formula is C41H77NO5. The highest BCUT2D eigenvalue weighted by molar-refractivity contribution is 5.80. The van der Waals surface area contributed by atoms with Crippen molar-refractivity contribution < 1.29 is 24.2 Å². The lowest BCUT2D eigenvalue weighted by atomic mass is 10.0. The molecule has 0 heterocycles. The van der Waals surface area contributed by atoms with E-state index in [1.807, 2.05) is 0 Å². The Kier molecular flexibility index (Phi) is 35.5. The van der Waals surface area contributed by atoms with Crippen LogP contribution in [0.1, 0.15) is 219 Å². The van der Waals surface area contributed by atoms with Gasteiger partial charge in [0.1, 0.15) is 12.6 Å². The smallest absolute Gasteiger partial charge is 0.322 e. The number of hydrogen-bond donors (Lipinski definition) is 2. The number of carbonyl (C=O) groups is 3. The molecule has 276 valence electrons. The van der Waals surface area contributed by atoms with E-state index in [0.717, 1.165) is 64.2 Å². The molecule has 0 radical (unpaired) electrons. The highest BCUT2D eigenvalue weighted by Crippen LogP contribution is 2.19. The molecule has 0 aliphatic rings. The lowest BCUT2D eigenvalue weighted by molar-refractivity contribution is -0.150. The van der Waals surface area contributed by atoms with Crippen molar-refractivity contribution in [2.75, 3.05) is 6.54 Å². The number of carbonyl (C=O) groups excluding carboxylic acids is 2. The van der Waals surface area contributed by atoms with Gasteiger partial charge in [-0.3, -0.25) is 14.4 Å². The maximum Gasteiger partial charge on any atom is 0.322 e. The van der Waals surface area contributed by atoms with Crippen molar-refractivity contribution >= 4 is 17.8 Å². The quantitative estimate of drug-likeness (QED) is 0.0392. The molecule has 0 saturated carbocycles. The van der Waals surface area contributed by atoms with Crippen molar-refractivity contribution in [3.63, 3.8) is 0 Å². The van der Waals surface area contributed by atoms with E-state index in [4.69, 9.17) is 9.84 Å². The zero-order valence-electron chi connectivity index (χ0n) is 31.1. The van der Waals surface area contributed by atoms with Crippen LogP contribution in [0.15, 0.2) is 12.2 Å². The second kappa shape index (κ2) is 37.0. The molecular weight excluding hydrogens is 586 g/mol. The van der Waals surface area contributed by atoms with Crippen LogP contribution in [0.2, 0.25) is 0 Å². The molecule has 0 saturated heterocycles. The Hall–Kier alpha value is -1.85. The van der Waals surface area contributed by atoms with Gasteiger partial charge in [-0.05, 0) is 64.2 Å². The van der Waals surface area contributed by atoms with E-state index in [1.54, 1.807) is 0 Å². The zero-order chi connectivity index (χ0) is 34.5. The predicted molar refractivity (Wildman–Crippen MR) is 199 cm³/mol. The first kappa shape index (κ1) is 45.2. The average Bonchev–Trinajstić information content (AvgIpc) is 3.05. The third kappa shape index (κ3) is 36.8. The summed E-state index contributed by atoms with van der Waals surface area (Å²) in [4.78, 5) is 34.9. The van der Waals surface area contributed by atoms with Crippen LogP contribution in [0.4, 0.5) is 0 Å². The van der Waals surface area contributed by atoms with Gasteiger partial charge in [-0.15, -0.1) is 0 Å². The fourth-order valence-electron chi connectivity index (χ4n) is 6.16. The molecule has 0 aromatic rings. The fourth-order valence-corrected chi connectivity index (χ4v) is 6.16. The van der Waals surface area contributed by atoms with Crippen molar-refractivity contribution in [2.45, 2.75) is 225 Å². The van der Waals surface area contributed by atoms with Gasteiger partial charge < -0.3 is 15.2 Å². The highest BCUT2D eigenvalue weighted by atomic mass is 16.5. The van der Waals surface area contributed by atoms with Gasteiger partial charge in [-0.25, -0.2) is 0 Å². The summed E-state index contributed by atoms with van der Waals surface area (Å²) in [6, 6.07) is 0. The monoisotopic (exact) mass is 664 g/mol. The summed E-state index contributed by atoms with van der Waals surface area (Å²) >= 11 is 0. The number of carboxylic acids is 1. The predicted octanol–water partition coefficient (Wildman–Crippen LogP) is 12.2. The van der Waals surface area contributed by atoms with Crippen LogP contribution in [-0.4, -0.2) is 35.6 Å². The van der Waals surface area contributed by atoms with Crippen molar-refractivity contribution in [1.82, 2.24) is 5.32 Å². The fraction of sp³-hybridized carbons (Fsp3) is 0.878. The van der Waals surface area contributed by atoms with Gasteiger partial charge in [0, 0.05) is 12.8 Å². The number of carboxylic acid groups (broad SMARTS) is 1. The zero-order valence-corrected chi connectivity index (χ0v) is 31.1. The first-order valence-corrected chi connectivity index (χ1v) is 20.3. The maximum absolute atomic E-state index is 12.7. The minimum Gasteiger partial charge on any atom is -0.480 e. The molecule has 0 aliphatic carbocycles. The van der Waals surface area contributed by atoms with E-state index in [1.165, 1.54) is 128 Å². The summed E-state index contributed by atoms with van der Waals surface area (Å²) < 4.78 is 6.01. The summed E-state index contributed by atoms with van der Waals surface area (Å²) in [6.45, 7) is 4.22. The molecule has 1 unspecified atom stereocenters. The second-order valence-electron chi connectivity index (χ2n) is 13.9. The van der Waals surface area contributed by atoms with Gasteiger partial charge in [-0.1, -0.05) is 154 Å². The number of esters is 1. The Labute approximate surface area is 291 Å². The Morgan fingerprint density at radius 1 is 0.532 bits per heavy atom. The molecule has 0 fully saturated rings. The summed E-state index contributed by atoms with van der Waals surface area (Å²) in [5.74, 6) is -1.23. The number of unbranched alkanes of at least 4 members (excludes halogenated alkanes) is 24. The Bertz CT molecular complexity index is 737. The van der Waals surface area contributed by atoms with E-state index < -0.39 is 5.97 Å². The van der Waals surface area contributed by atoms with Gasteiger partial charge in [0.15, 0.2) is 0 Å². The maximum atomic E-state index is 12.7. The van der Waals surface area contributed by atoms with Crippen LogP contribution in [0.5, 0.6) is 0 Å². The van der Waals surface area contributed by atoms with Crippen LogP contribution >= 0.6 is 0 Å². The number of rotatable bonds is 37. The Balaban J connectivity index is 4.15. The van der Waals surface area contributed by atoms with Gasteiger partial charge in [0.25, 0.3) is 0 Å². The Morgan fingerprint density at radius 3 is 1.36 bits per heavy atom. The summed E-state index contributed by atoms with van der Waals surface area (Å²) in [5, 5.41) is 11.1. The Morgan fingerprint density at radius 2 is 0.915 bits per heavy atom. The third-order valence-electron chi connectivity index (χ3n) is 9.19. The number of allylic oxidation sites excluding steroid dienone is 2. The van der Waals surface area contributed by atoms with Crippen LogP contribution in [0, 0.1) is 0 Å². The SMILES string of the molecule is CCCCCCC/C=C\CCCCCCCC(=O)OC(CCCCCCCCCCCCC)CCCCCCCC(=O)NCC(=O)O. The molecule has 1 amide bonds. The highest BCUT2D eigenvalue weighted by Gasteiger charge is 2.14. The molecule has 0 rings (SSSR count). The van der Waals surface area contributed by atoms with Crippen molar-refractivity contribution in [1.29, 1.82) is 0 Å². The van der Waals surface area contributed by atoms with E-state index >= 15 is 0 Å². The number of amides is 1. The first-order chi connectivity index (χ1) is 23.0. The largest absolute Gasteiger partial charge is 0.480 e. The molecule has 47 heavy (non-hydrogen) atoms. The van der Waals surface area contributed by atoms with Crippen LogP contribution in [0.25, 0.3) is 0 Å². The molecule has 0 bridgehead atoms. The summed E-state index contributed by atoms with van der Waals surface area (Å²) in [7, 11) is 0. The van der Waals surface area contributed by atoms with Crippen molar-refractivity contribution in [3.8, 4) is 0 Å². The lowest BCUT2D eigenvalue weighted by Crippen LogP contribution is -2.28. The molecule has 2 N–H and O–H groups in total.